The van der Waals surface area contributed by atoms with Crippen molar-refractivity contribution in [2.45, 2.75) is 0 Å². The number of fused-ring (bicyclic) bond motifs is 2. The molecule has 2 aromatic carbocycles. The van der Waals surface area contributed by atoms with Crippen LogP contribution >= 0.6 is 34.5 Å². The van der Waals surface area contributed by atoms with E-state index in [1.165, 1.54) is 11.3 Å². The maximum Gasteiger partial charge on any atom is 0.234 e. The highest BCUT2D eigenvalue weighted by molar-refractivity contribution is 7.21. The average molecular weight is 431 g/mol. The van der Waals surface area contributed by atoms with Gasteiger partial charge in [-0.3, -0.25) is 0 Å². The third kappa shape index (κ3) is 4.22. The first-order valence-corrected chi connectivity index (χ1v) is 10.6. The van der Waals surface area contributed by atoms with Crippen LogP contribution in [-0.4, -0.2) is 39.8 Å². The molecule has 2 heterocycles. The van der Waals surface area contributed by atoms with Crippen molar-refractivity contribution < 1.29 is 0 Å². The number of aromatic nitrogens is 3. The lowest BCUT2D eigenvalue weighted by molar-refractivity contribution is 0.874. The van der Waals surface area contributed by atoms with Crippen LogP contribution in [-0.2, 0) is 0 Å². The van der Waals surface area contributed by atoms with Gasteiger partial charge < -0.3 is 4.90 Å². The van der Waals surface area contributed by atoms with E-state index < -0.39 is 0 Å². The molecule has 0 N–H and O–H groups in total. The van der Waals surface area contributed by atoms with Gasteiger partial charge in [0.15, 0.2) is 10.5 Å². The number of azo groups is 1. The Morgan fingerprint density at radius 2 is 1.50 bits per heavy atom. The van der Waals surface area contributed by atoms with Crippen LogP contribution in [0.15, 0.2) is 58.8 Å². The zero-order chi connectivity index (χ0) is 19.3. The van der Waals surface area contributed by atoms with Crippen molar-refractivity contribution in [1.29, 1.82) is 0 Å². The Kier molecular flexibility index (Phi) is 5.95. The summed E-state index contributed by atoms with van der Waals surface area (Å²) in [6.45, 7) is 1.49. The topological polar surface area (TPSA) is 66.6 Å². The van der Waals surface area contributed by atoms with Gasteiger partial charge in [-0.1, -0.05) is 23.5 Å². The van der Waals surface area contributed by atoms with Crippen molar-refractivity contribution in [3.63, 3.8) is 0 Å². The number of para-hydroxylation sites is 2. The number of anilines is 1. The summed E-state index contributed by atoms with van der Waals surface area (Å²) in [5.74, 6) is 1.10. The third-order valence-corrected chi connectivity index (χ3v) is 5.25. The summed E-state index contributed by atoms with van der Waals surface area (Å²) in [5.41, 5.74) is 4.05. The minimum atomic E-state index is 0.528. The average Bonchev–Trinajstić information content (AvgIpc) is 3.12. The van der Waals surface area contributed by atoms with Crippen LogP contribution in [0.2, 0.25) is 0 Å². The lowest BCUT2D eigenvalue weighted by atomic mass is 10.2. The lowest BCUT2D eigenvalue weighted by Crippen LogP contribution is -2.27. The summed E-state index contributed by atoms with van der Waals surface area (Å²) in [6, 6.07) is 15.5. The van der Waals surface area contributed by atoms with Crippen LogP contribution < -0.4 is 4.90 Å². The van der Waals surface area contributed by atoms with Gasteiger partial charge in [0.05, 0.1) is 16.7 Å². The Morgan fingerprint density at radius 3 is 2.18 bits per heavy atom. The third-order valence-electron chi connectivity index (χ3n) is 4.09. The normalized spacial score (nSPS) is 11.6. The standard InChI is InChI=1S/C19H16Cl2N6S/c20-9-11-27(12-10-21)14-7-5-13(6-8-14)25-26-19-24-17-18(28-19)23-16-4-2-1-3-15(16)22-17/h1-8H,9-12H2. The number of benzene rings is 2. The van der Waals surface area contributed by atoms with E-state index in [1.807, 2.05) is 48.5 Å². The molecule has 0 radical (unpaired) electrons. The highest BCUT2D eigenvalue weighted by Gasteiger charge is 2.08. The van der Waals surface area contributed by atoms with Gasteiger partial charge in [-0.2, -0.15) is 4.98 Å². The van der Waals surface area contributed by atoms with Crippen molar-refractivity contribution in [3.8, 4) is 0 Å². The van der Waals surface area contributed by atoms with Crippen molar-refractivity contribution in [1.82, 2.24) is 15.0 Å². The quantitative estimate of drug-likeness (QED) is 0.268. The number of thiazole rings is 1. The zero-order valence-corrected chi connectivity index (χ0v) is 17.1. The molecule has 9 heteroatoms. The molecule has 0 unspecified atom stereocenters. The molecule has 142 valence electrons. The number of alkyl halides is 2. The predicted molar refractivity (Wildman–Crippen MR) is 117 cm³/mol. The number of halogens is 2. The molecule has 0 fully saturated rings. The zero-order valence-electron chi connectivity index (χ0n) is 14.8. The Hall–Kier alpha value is -2.35. The van der Waals surface area contributed by atoms with Gasteiger partial charge in [0.25, 0.3) is 0 Å². The summed E-state index contributed by atoms with van der Waals surface area (Å²) in [6.07, 6.45) is 0. The summed E-state index contributed by atoms with van der Waals surface area (Å²) < 4.78 is 0. The van der Waals surface area contributed by atoms with Crippen LogP contribution in [0.3, 0.4) is 0 Å². The molecule has 0 bridgehead atoms. The predicted octanol–water partition coefficient (Wildman–Crippen LogP) is 5.94. The summed E-state index contributed by atoms with van der Waals surface area (Å²) >= 11 is 13.1. The van der Waals surface area contributed by atoms with E-state index in [-0.39, 0.29) is 0 Å². The molecule has 28 heavy (non-hydrogen) atoms. The molecule has 0 aliphatic heterocycles. The summed E-state index contributed by atoms with van der Waals surface area (Å²) in [4.78, 5) is 16.4. The molecule has 0 aliphatic carbocycles. The fraction of sp³-hybridized carbons (Fsp3) is 0.211. The van der Waals surface area contributed by atoms with Gasteiger partial charge in [0, 0.05) is 30.5 Å². The van der Waals surface area contributed by atoms with Crippen LogP contribution in [0.5, 0.6) is 0 Å². The Balaban J connectivity index is 1.54. The van der Waals surface area contributed by atoms with E-state index >= 15 is 0 Å². The minimum absolute atomic E-state index is 0.528. The SMILES string of the molecule is ClCCN(CCCl)c1ccc(N=Nc2nc3nc4ccccc4nc3s2)cc1. The first kappa shape index (κ1) is 19.0. The Morgan fingerprint density at radius 1 is 0.821 bits per heavy atom. The first-order chi connectivity index (χ1) is 13.8. The molecule has 0 saturated heterocycles. The summed E-state index contributed by atoms with van der Waals surface area (Å²) in [5, 5.41) is 9.06. The van der Waals surface area contributed by atoms with Gasteiger partial charge >= 0.3 is 0 Å². The number of hydrogen-bond acceptors (Lipinski definition) is 7. The maximum absolute atomic E-state index is 5.86. The molecular formula is C19H16Cl2N6S. The maximum atomic E-state index is 5.86. The van der Waals surface area contributed by atoms with Crippen LogP contribution in [0.25, 0.3) is 21.5 Å². The van der Waals surface area contributed by atoms with E-state index in [0.717, 1.165) is 40.3 Å². The molecule has 0 amide bonds. The number of rotatable bonds is 7. The molecule has 6 nitrogen and oxygen atoms in total. The van der Waals surface area contributed by atoms with Crippen molar-refractivity contribution >= 4 is 72.6 Å². The molecule has 4 aromatic rings. The van der Waals surface area contributed by atoms with E-state index in [9.17, 15) is 0 Å². The van der Waals surface area contributed by atoms with E-state index in [0.29, 0.717) is 22.5 Å². The fourth-order valence-electron chi connectivity index (χ4n) is 2.76. The lowest BCUT2D eigenvalue weighted by Gasteiger charge is -2.22. The van der Waals surface area contributed by atoms with Crippen molar-refractivity contribution in [3.05, 3.63) is 48.5 Å². The van der Waals surface area contributed by atoms with Crippen molar-refractivity contribution in [2.75, 3.05) is 29.7 Å². The van der Waals surface area contributed by atoms with Gasteiger partial charge in [-0.15, -0.1) is 33.4 Å². The van der Waals surface area contributed by atoms with Gasteiger partial charge in [-0.25, -0.2) is 9.97 Å². The highest BCUT2D eigenvalue weighted by Crippen LogP contribution is 2.29. The second-order valence-corrected chi connectivity index (χ2v) is 7.63. The molecule has 2 aromatic heterocycles. The van der Waals surface area contributed by atoms with Crippen LogP contribution in [0.4, 0.5) is 16.5 Å². The van der Waals surface area contributed by atoms with E-state index in [1.54, 1.807) is 0 Å². The van der Waals surface area contributed by atoms with E-state index in [4.69, 9.17) is 23.2 Å². The minimum Gasteiger partial charge on any atom is -0.369 e. The Labute approximate surface area is 175 Å². The van der Waals surface area contributed by atoms with Gasteiger partial charge in [0.1, 0.15) is 0 Å². The molecule has 0 spiro atoms. The monoisotopic (exact) mass is 430 g/mol. The van der Waals surface area contributed by atoms with Crippen LogP contribution in [0.1, 0.15) is 0 Å². The molecule has 0 saturated carbocycles. The molecule has 0 aliphatic rings. The molecule has 4 rings (SSSR count). The Bertz CT molecular complexity index is 1050. The second kappa shape index (κ2) is 8.77. The number of nitrogens with zero attached hydrogens (tertiary/aromatic N) is 6. The van der Waals surface area contributed by atoms with Gasteiger partial charge in [-0.05, 0) is 36.4 Å². The fourth-order valence-corrected chi connectivity index (χ4v) is 3.88. The number of hydrogen-bond donors (Lipinski definition) is 0. The smallest absolute Gasteiger partial charge is 0.234 e. The molecule has 0 atom stereocenters. The second-order valence-electron chi connectivity index (χ2n) is 5.92. The largest absolute Gasteiger partial charge is 0.369 e. The first-order valence-electron chi connectivity index (χ1n) is 8.69. The molecular weight excluding hydrogens is 415 g/mol. The van der Waals surface area contributed by atoms with Crippen molar-refractivity contribution in [2.24, 2.45) is 10.2 Å². The summed E-state index contributed by atoms with van der Waals surface area (Å²) in [7, 11) is 0. The van der Waals surface area contributed by atoms with Crippen LogP contribution in [0, 0.1) is 0 Å². The highest BCUT2D eigenvalue weighted by atomic mass is 35.5. The van der Waals surface area contributed by atoms with Gasteiger partial charge in [0.2, 0.25) is 5.13 Å². The van der Waals surface area contributed by atoms with E-state index in [2.05, 4.69) is 30.1 Å².